The van der Waals surface area contributed by atoms with Gasteiger partial charge in [0.05, 0.1) is 17.3 Å². The number of carbonyl (C=O) groups is 2. The molecule has 2 aromatic rings. The highest BCUT2D eigenvalue weighted by atomic mass is 19.1. The Morgan fingerprint density at radius 2 is 2.10 bits per heavy atom. The Morgan fingerprint density at radius 3 is 2.86 bits per heavy atom. The Morgan fingerprint density at radius 1 is 1.34 bits per heavy atom. The van der Waals surface area contributed by atoms with Gasteiger partial charge < -0.3 is 20.5 Å². The first-order chi connectivity index (χ1) is 13.9. The number of likely N-dealkylation sites (tertiary alicyclic amines) is 1. The molecular formula is C21H24FN5O2. The number of hydrogen-bond donors (Lipinski definition) is 3. The summed E-state index contributed by atoms with van der Waals surface area (Å²) >= 11 is 0. The summed E-state index contributed by atoms with van der Waals surface area (Å²) in [6.45, 7) is 7.29. The SMILES string of the molecule is Cc1[nH]c(/C=C2\C(=O)Nc3ncc(F)cc32)c(C)c1C(=O)NCCN1CCCC1. The molecule has 7 nitrogen and oxygen atoms in total. The molecule has 0 radical (unpaired) electrons. The van der Waals surface area contributed by atoms with E-state index in [1.807, 2.05) is 13.8 Å². The van der Waals surface area contributed by atoms with Crippen LogP contribution >= 0.6 is 0 Å². The average molecular weight is 397 g/mol. The Balaban J connectivity index is 1.54. The van der Waals surface area contributed by atoms with Crippen LogP contribution in [0.4, 0.5) is 10.2 Å². The number of anilines is 1. The zero-order valence-electron chi connectivity index (χ0n) is 16.6. The molecule has 1 saturated heterocycles. The molecule has 2 amide bonds. The number of nitrogens with one attached hydrogen (secondary N) is 3. The molecule has 0 atom stereocenters. The molecule has 0 aromatic carbocycles. The van der Waals surface area contributed by atoms with E-state index >= 15 is 0 Å². The fourth-order valence-electron chi connectivity index (χ4n) is 4.01. The number of pyridine rings is 1. The van der Waals surface area contributed by atoms with Crippen molar-refractivity contribution in [1.82, 2.24) is 20.2 Å². The van der Waals surface area contributed by atoms with Crippen molar-refractivity contribution in [1.29, 1.82) is 0 Å². The minimum atomic E-state index is -0.511. The number of halogens is 1. The van der Waals surface area contributed by atoms with E-state index in [4.69, 9.17) is 0 Å². The van der Waals surface area contributed by atoms with Crippen LogP contribution in [0.15, 0.2) is 12.3 Å². The zero-order chi connectivity index (χ0) is 20.5. The Kier molecular flexibility index (Phi) is 5.19. The number of aromatic nitrogens is 2. The van der Waals surface area contributed by atoms with Gasteiger partial charge in [-0.25, -0.2) is 9.37 Å². The van der Waals surface area contributed by atoms with Crippen LogP contribution in [-0.4, -0.2) is 52.9 Å². The molecule has 2 aliphatic heterocycles. The monoisotopic (exact) mass is 397 g/mol. The number of fused-ring (bicyclic) bond motifs is 1. The van der Waals surface area contributed by atoms with E-state index in [9.17, 15) is 14.0 Å². The van der Waals surface area contributed by atoms with E-state index in [0.29, 0.717) is 34.8 Å². The average Bonchev–Trinajstić information content (AvgIpc) is 3.36. The number of hydrogen-bond acceptors (Lipinski definition) is 4. The molecule has 152 valence electrons. The first-order valence-electron chi connectivity index (χ1n) is 9.82. The first-order valence-corrected chi connectivity index (χ1v) is 9.82. The van der Waals surface area contributed by atoms with Crippen molar-refractivity contribution in [3.8, 4) is 0 Å². The minimum absolute atomic E-state index is 0.135. The Bertz CT molecular complexity index is 1000. The summed E-state index contributed by atoms with van der Waals surface area (Å²) in [6, 6.07) is 1.28. The standard InChI is InChI=1S/C21H24FN5O2/c1-12-17(10-16-15-9-14(22)11-24-19(15)26-20(16)28)25-13(2)18(12)21(29)23-5-8-27-6-3-4-7-27/h9-11,25H,3-8H2,1-2H3,(H,23,29)(H,24,26,28)/b16-10-. The van der Waals surface area contributed by atoms with Crippen molar-refractivity contribution >= 4 is 29.3 Å². The number of carbonyl (C=O) groups excluding carboxylic acids is 2. The van der Waals surface area contributed by atoms with Gasteiger partial charge in [-0.05, 0) is 57.5 Å². The second-order valence-corrected chi connectivity index (χ2v) is 7.53. The van der Waals surface area contributed by atoms with E-state index in [0.717, 1.165) is 37.1 Å². The van der Waals surface area contributed by atoms with Gasteiger partial charge in [0.2, 0.25) is 0 Å². The van der Waals surface area contributed by atoms with Gasteiger partial charge in [0.1, 0.15) is 11.6 Å². The lowest BCUT2D eigenvalue weighted by Crippen LogP contribution is -2.33. The normalized spacial score (nSPS) is 17.6. The fraction of sp³-hybridized carbons (Fsp3) is 0.381. The van der Waals surface area contributed by atoms with E-state index in [2.05, 4.69) is 25.5 Å². The molecule has 0 bridgehead atoms. The third-order valence-corrected chi connectivity index (χ3v) is 5.53. The molecule has 0 unspecified atom stereocenters. The van der Waals surface area contributed by atoms with Gasteiger partial charge in [-0.3, -0.25) is 9.59 Å². The smallest absolute Gasteiger partial charge is 0.257 e. The number of amides is 2. The lowest BCUT2D eigenvalue weighted by atomic mass is 10.0. The number of rotatable bonds is 5. The predicted molar refractivity (Wildman–Crippen MR) is 109 cm³/mol. The van der Waals surface area contributed by atoms with Gasteiger partial charge in [0.25, 0.3) is 11.8 Å². The fourth-order valence-corrected chi connectivity index (χ4v) is 4.01. The molecule has 4 rings (SSSR count). The van der Waals surface area contributed by atoms with Crippen LogP contribution in [0.25, 0.3) is 11.6 Å². The van der Waals surface area contributed by atoms with Gasteiger partial charge in [-0.15, -0.1) is 0 Å². The zero-order valence-corrected chi connectivity index (χ0v) is 16.6. The molecule has 29 heavy (non-hydrogen) atoms. The number of nitrogens with zero attached hydrogens (tertiary/aromatic N) is 2. The second kappa shape index (κ2) is 7.79. The van der Waals surface area contributed by atoms with Crippen LogP contribution in [0.2, 0.25) is 0 Å². The molecule has 2 aliphatic rings. The predicted octanol–water partition coefficient (Wildman–Crippen LogP) is 2.48. The molecule has 4 heterocycles. The van der Waals surface area contributed by atoms with Crippen molar-refractivity contribution in [2.24, 2.45) is 0 Å². The largest absolute Gasteiger partial charge is 0.358 e. The molecule has 1 fully saturated rings. The lowest BCUT2D eigenvalue weighted by molar-refractivity contribution is -0.110. The molecule has 8 heteroatoms. The van der Waals surface area contributed by atoms with Crippen molar-refractivity contribution in [3.63, 3.8) is 0 Å². The summed E-state index contributed by atoms with van der Waals surface area (Å²) in [5, 5.41) is 5.62. The number of aryl methyl sites for hydroxylation is 1. The molecular weight excluding hydrogens is 373 g/mol. The molecule has 0 aliphatic carbocycles. The van der Waals surface area contributed by atoms with Crippen LogP contribution in [0.3, 0.4) is 0 Å². The van der Waals surface area contributed by atoms with E-state index in [1.165, 1.54) is 18.9 Å². The topological polar surface area (TPSA) is 90.1 Å². The van der Waals surface area contributed by atoms with Crippen molar-refractivity contribution in [2.75, 3.05) is 31.5 Å². The maximum absolute atomic E-state index is 13.6. The third-order valence-electron chi connectivity index (χ3n) is 5.53. The summed E-state index contributed by atoms with van der Waals surface area (Å²) < 4.78 is 13.6. The van der Waals surface area contributed by atoms with E-state index in [1.54, 1.807) is 6.08 Å². The van der Waals surface area contributed by atoms with Crippen LogP contribution in [0.1, 0.15) is 45.7 Å². The van der Waals surface area contributed by atoms with Crippen LogP contribution in [0.5, 0.6) is 0 Å². The first kappa shape index (κ1) is 19.3. The van der Waals surface area contributed by atoms with Gasteiger partial charge in [-0.2, -0.15) is 0 Å². The Hall–Kier alpha value is -3.00. The molecule has 0 spiro atoms. The summed E-state index contributed by atoms with van der Waals surface area (Å²) in [5.41, 5.74) is 3.43. The van der Waals surface area contributed by atoms with Gasteiger partial charge in [0, 0.05) is 30.0 Å². The molecule has 3 N–H and O–H groups in total. The second-order valence-electron chi connectivity index (χ2n) is 7.53. The summed E-state index contributed by atoms with van der Waals surface area (Å²) in [7, 11) is 0. The van der Waals surface area contributed by atoms with Gasteiger partial charge in [0.15, 0.2) is 0 Å². The third kappa shape index (κ3) is 3.80. The quantitative estimate of drug-likeness (QED) is 0.676. The molecule has 2 aromatic heterocycles. The minimum Gasteiger partial charge on any atom is -0.358 e. The van der Waals surface area contributed by atoms with Crippen LogP contribution in [0, 0.1) is 19.7 Å². The highest BCUT2D eigenvalue weighted by Gasteiger charge is 2.27. The van der Waals surface area contributed by atoms with Crippen molar-refractivity contribution < 1.29 is 14.0 Å². The maximum atomic E-state index is 13.6. The van der Waals surface area contributed by atoms with Gasteiger partial charge in [-0.1, -0.05) is 0 Å². The van der Waals surface area contributed by atoms with Gasteiger partial charge >= 0.3 is 0 Å². The van der Waals surface area contributed by atoms with E-state index in [-0.39, 0.29) is 11.8 Å². The number of aromatic amines is 1. The summed E-state index contributed by atoms with van der Waals surface area (Å²) in [4.78, 5) is 34.5. The summed E-state index contributed by atoms with van der Waals surface area (Å²) in [6.07, 6.45) is 5.15. The van der Waals surface area contributed by atoms with Crippen molar-refractivity contribution in [2.45, 2.75) is 26.7 Å². The number of H-pyrrole nitrogens is 1. The lowest BCUT2D eigenvalue weighted by Gasteiger charge is -2.14. The van der Waals surface area contributed by atoms with Crippen molar-refractivity contribution in [3.05, 3.63) is 46.2 Å². The van der Waals surface area contributed by atoms with Crippen LogP contribution < -0.4 is 10.6 Å². The van der Waals surface area contributed by atoms with Crippen LogP contribution in [-0.2, 0) is 4.79 Å². The highest BCUT2D eigenvalue weighted by molar-refractivity contribution is 6.34. The summed E-state index contributed by atoms with van der Waals surface area (Å²) in [5.74, 6) is -0.655. The van der Waals surface area contributed by atoms with E-state index < -0.39 is 5.82 Å². The maximum Gasteiger partial charge on any atom is 0.257 e. The highest BCUT2D eigenvalue weighted by Crippen LogP contribution is 2.32. The molecule has 0 saturated carbocycles. The Labute approximate surface area is 168 Å².